The highest BCUT2D eigenvalue weighted by Gasteiger charge is 2.38. The van der Waals surface area contributed by atoms with E-state index in [2.05, 4.69) is 4.98 Å². The molecule has 0 saturated carbocycles. The lowest BCUT2D eigenvalue weighted by Gasteiger charge is -2.15. The van der Waals surface area contributed by atoms with Crippen molar-refractivity contribution < 1.29 is 9.59 Å². The third-order valence-electron chi connectivity index (χ3n) is 3.50. The quantitative estimate of drug-likeness (QED) is 0.770. The van der Waals surface area contributed by atoms with E-state index in [9.17, 15) is 9.59 Å². The van der Waals surface area contributed by atoms with Crippen LogP contribution in [0.2, 0.25) is 10.0 Å². The summed E-state index contributed by atoms with van der Waals surface area (Å²) in [5, 5.41) is 3.36. The van der Waals surface area contributed by atoms with Gasteiger partial charge in [-0.1, -0.05) is 29.3 Å². The summed E-state index contributed by atoms with van der Waals surface area (Å²) in [6.45, 7) is 2.29. The first-order valence-electron chi connectivity index (χ1n) is 6.93. The molecule has 8 heteroatoms. The van der Waals surface area contributed by atoms with Crippen LogP contribution in [0.1, 0.15) is 11.3 Å². The monoisotopic (exact) mass is 369 g/mol. The van der Waals surface area contributed by atoms with Gasteiger partial charge in [-0.3, -0.25) is 4.79 Å². The molecule has 0 radical (unpaired) electrons. The van der Waals surface area contributed by atoms with Gasteiger partial charge in [-0.05, 0) is 31.0 Å². The van der Waals surface area contributed by atoms with Gasteiger partial charge < -0.3 is 4.90 Å². The molecule has 1 aliphatic rings. The van der Waals surface area contributed by atoms with Crippen molar-refractivity contribution in [1.29, 1.82) is 0 Å². The van der Waals surface area contributed by atoms with E-state index in [0.717, 1.165) is 16.2 Å². The molecule has 1 aromatic carbocycles. The van der Waals surface area contributed by atoms with Gasteiger partial charge in [0.2, 0.25) is 5.13 Å². The Hall–Kier alpha value is -1.63. The number of urea groups is 1. The van der Waals surface area contributed by atoms with Gasteiger partial charge in [-0.2, -0.15) is 0 Å². The standard InChI is InChI=1S/C15H13Cl2N3O2S/c1-9-8-23-14(18-9)20-13(21)7-19(15(20)22)5-4-10-2-3-11(16)6-12(10)17/h2-3,6,8H,4-5,7H2,1H3. The number of aryl methyl sites for hydroxylation is 1. The predicted molar refractivity (Wildman–Crippen MR) is 91.5 cm³/mol. The number of carbonyl (C=O) groups excluding carboxylic acids is 2. The summed E-state index contributed by atoms with van der Waals surface area (Å²) in [6.07, 6.45) is 0.555. The van der Waals surface area contributed by atoms with Crippen LogP contribution in [0.4, 0.5) is 9.93 Å². The number of hydrogen-bond acceptors (Lipinski definition) is 4. The van der Waals surface area contributed by atoms with E-state index in [4.69, 9.17) is 23.2 Å². The first-order chi connectivity index (χ1) is 11.0. The zero-order valence-corrected chi connectivity index (χ0v) is 14.6. The number of nitrogens with zero attached hydrogens (tertiary/aromatic N) is 3. The fourth-order valence-corrected chi connectivity index (χ4v) is 3.65. The molecule has 0 unspecified atom stereocenters. The number of amides is 3. The molecule has 2 heterocycles. The summed E-state index contributed by atoms with van der Waals surface area (Å²) >= 11 is 13.3. The molecule has 1 aliphatic heterocycles. The molecular weight excluding hydrogens is 357 g/mol. The smallest absolute Gasteiger partial charge is 0.314 e. The largest absolute Gasteiger partial charge is 0.333 e. The highest BCUT2D eigenvalue weighted by atomic mass is 35.5. The average molecular weight is 370 g/mol. The summed E-state index contributed by atoms with van der Waals surface area (Å²) in [6, 6.07) is 4.91. The molecule has 0 N–H and O–H groups in total. The SMILES string of the molecule is Cc1csc(N2C(=O)CN(CCc3ccc(Cl)cc3Cl)C2=O)n1. The van der Waals surface area contributed by atoms with Crippen LogP contribution in [0.15, 0.2) is 23.6 Å². The molecule has 1 aromatic heterocycles. The topological polar surface area (TPSA) is 53.5 Å². The maximum atomic E-state index is 12.4. The second-order valence-corrected chi connectivity index (χ2v) is 6.87. The van der Waals surface area contributed by atoms with Gasteiger partial charge in [0, 0.05) is 22.0 Å². The zero-order valence-electron chi connectivity index (χ0n) is 12.3. The summed E-state index contributed by atoms with van der Waals surface area (Å²) in [5.41, 5.74) is 1.68. The molecule has 0 spiro atoms. The molecule has 120 valence electrons. The number of benzene rings is 1. The second-order valence-electron chi connectivity index (χ2n) is 5.19. The minimum absolute atomic E-state index is 0.0582. The Morgan fingerprint density at radius 2 is 2.09 bits per heavy atom. The lowest BCUT2D eigenvalue weighted by atomic mass is 10.1. The molecule has 0 atom stereocenters. The Morgan fingerprint density at radius 1 is 1.30 bits per heavy atom. The maximum Gasteiger partial charge on any atom is 0.333 e. The van der Waals surface area contributed by atoms with Gasteiger partial charge >= 0.3 is 6.03 Å². The van der Waals surface area contributed by atoms with E-state index in [-0.39, 0.29) is 18.5 Å². The minimum Gasteiger partial charge on any atom is -0.314 e. The van der Waals surface area contributed by atoms with Crippen molar-refractivity contribution in [3.8, 4) is 0 Å². The molecule has 23 heavy (non-hydrogen) atoms. The fraction of sp³-hybridized carbons (Fsp3) is 0.267. The number of halogens is 2. The lowest BCUT2D eigenvalue weighted by molar-refractivity contribution is -0.116. The molecule has 3 amide bonds. The van der Waals surface area contributed by atoms with Gasteiger partial charge in [0.1, 0.15) is 6.54 Å². The third kappa shape index (κ3) is 3.34. The van der Waals surface area contributed by atoms with Crippen molar-refractivity contribution in [2.24, 2.45) is 0 Å². The van der Waals surface area contributed by atoms with Crippen molar-refractivity contribution in [2.45, 2.75) is 13.3 Å². The van der Waals surface area contributed by atoms with Gasteiger partial charge in [-0.25, -0.2) is 14.7 Å². The van der Waals surface area contributed by atoms with Crippen LogP contribution < -0.4 is 4.90 Å². The van der Waals surface area contributed by atoms with Gasteiger partial charge in [0.25, 0.3) is 5.91 Å². The van der Waals surface area contributed by atoms with Crippen molar-refractivity contribution in [3.63, 3.8) is 0 Å². The first-order valence-corrected chi connectivity index (χ1v) is 8.57. The van der Waals surface area contributed by atoms with E-state index in [0.29, 0.717) is 28.1 Å². The number of anilines is 1. The number of rotatable bonds is 4. The van der Waals surface area contributed by atoms with Crippen LogP contribution >= 0.6 is 34.5 Å². The van der Waals surface area contributed by atoms with Crippen LogP contribution in [-0.4, -0.2) is 34.9 Å². The average Bonchev–Trinajstić information content (AvgIpc) is 3.02. The van der Waals surface area contributed by atoms with Crippen LogP contribution in [0.3, 0.4) is 0 Å². The maximum absolute atomic E-state index is 12.4. The summed E-state index contributed by atoms with van der Waals surface area (Å²) in [4.78, 5) is 31.4. The number of hydrogen-bond donors (Lipinski definition) is 0. The fourth-order valence-electron chi connectivity index (χ4n) is 2.34. The van der Waals surface area contributed by atoms with E-state index in [1.807, 2.05) is 18.4 Å². The molecule has 1 saturated heterocycles. The molecule has 0 aliphatic carbocycles. The van der Waals surface area contributed by atoms with Gasteiger partial charge in [-0.15, -0.1) is 11.3 Å². The number of carbonyl (C=O) groups is 2. The Morgan fingerprint density at radius 3 is 2.74 bits per heavy atom. The van der Waals surface area contributed by atoms with Crippen LogP contribution in [0.25, 0.3) is 0 Å². The zero-order chi connectivity index (χ0) is 16.6. The molecule has 1 fully saturated rings. The van der Waals surface area contributed by atoms with Crippen LogP contribution in [0.5, 0.6) is 0 Å². The Bertz CT molecular complexity index is 778. The number of aromatic nitrogens is 1. The van der Waals surface area contributed by atoms with Crippen LogP contribution in [0, 0.1) is 6.92 Å². The summed E-state index contributed by atoms with van der Waals surface area (Å²) in [7, 11) is 0. The summed E-state index contributed by atoms with van der Waals surface area (Å²) in [5.74, 6) is -0.258. The predicted octanol–water partition coefficient (Wildman–Crippen LogP) is 3.77. The van der Waals surface area contributed by atoms with Crippen molar-refractivity contribution in [1.82, 2.24) is 9.88 Å². The van der Waals surface area contributed by atoms with Crippen LogP contribution in [-0.2, 0) is 11.2 Å². The highest BCUT2D eigenvalue weighted by Crippen LogP contribution is 2.26. The van der Waals surface area contributed by atoms with Gasteiger partial charge in [0.15, 0.2) is 0 Å². The Kier molecular flexibility index (Phi) is 4.57. The summed E-state index contributed by atoms with van der Waals surface area (Å²) < 4.78 is 0. The Labute approximate surface area is 147 Å². The lowest BCUT2D eigenvalue weighted by Crippen LogP contribution is -2.34. The van der Waals surface area contributed by atoms with E-state index >= 15 is 0 Å². The van der Waals surface area contributed by atoms with Crippen molar-refractivity contribution in [3.05, 3.63) is 44.9 Å². The molecular formula is C15H13Cl2N3O2S. The molecule has 2 aromatic rings. The number of thiazole rings is 1. The second kappa shape index (κ2) is 6.47. The van der Waals surface area contributed by atoms with Gasteiger partial charge in [0.05, 0.1) is 5.69 Å². The minimum atomic E-state index is -0.338. The normalized spacial score (nSPS) is 14.9. The molecule has 5 nitrogen and oxygen atoms in total. The molecule has 3 rings (SSSR count). The molecule has 0 bridgehead atoms. The van der Waals surface area contributed by atoms with Crippen molar-refractivity contribution >= 4 is 51.6 Å². The van der Waals surface area contributed by atoms with E-state index in [1.54, 1.807) is 12.1 Å². The highest BCUT2D eigenvalue weighted by molar-refractivity contribution is 7.14. The van der Waals surface area contributed by atoms with E-state index in [1.165, 1.54) is 16.2 Å². The Balaban J connectivity index is 1.70. The third-order valence-corrected chi connectivity index (χ3v) is 5.03. The van der Waals surface area contributed by atoms with Crippen molar-refractivity contribution in [2.75, 3.05) is 18.0 Å². The van der Waals surface area contributed by atoms with E-state index < -0.39 is 0 Å². The first kappa shape index (κ1) is 16.2. The number of imide groups is 1.